The van der Waals surface area contributed by atoms with Gasteiger partial charge >= 0.3 is 5.97 Å². The van der Waals surface area contributed by atoms with E-state index in [-0.39, 0.29) is 6.04 Å². The monoisotopic (exact) mass is 295 g/mol. The number of hydrogen-bond acceptors (Lipinski definition) is 3. The average Bonchev–Trinajstić information content (AvgIpc) is 2.64. The van der Waals surface area contributed by atoms with E-state index >= 15 is 0 Å². The average molecular weight is 295 g/mol. The first kappa shape index (κ1) is 17.7. The van der Waals surface area contributed by atoms with Gasteiger partial charge in [-0.15, -0.1) is 0 Å². The second kappa shape index (κ2) is 7.07. The standard InChI is InChI=1S/C16H29N3O2/c1-7-16(15(20)21,17-11(2)3)9-8-10-19-14(6)12(4)13(5)18-19/h11,17H,7-10H2,1-6H3,(H,20,21). The second-order valence-corrected chi connectivity index (χ2v) is 6.16. The Balaban J connectivity index is 2.73. The van der Waals surface area contributed by atoms with Crippen molar-refractivity contribution in [1.82, 2.24) is 15.1 Å². The van der Waals surface area contributed by atoms with Gasteiger partial charge in [-0.3, -0.25) is 14.8 Å². The van der Waals surface area contributed by atoms with Gasteiger partial charge in [0.05, 0.1) is 5.69 Å². The third-order valence-corrected chi connectivity index (χ3v) is 4.29. The van der Waals surface area contributed by atoms with Crippen molar-refractivity contribution < 1.29 is 9.90 Å². The summed E-state index contributed by atoms with van der Waals surface area (Å²) in [7, 11) is 0. The lowest BCUT2D eigenvalue weighted by Crippen LogP contribution is -2.54. The van der Waals surface area contributed by atoms with Crippen LogP contribution in [-0.2, 0) is 11.3 Å². The van der Waals surface area contributed by atoms with Crippen LogP contribution >= 0.6 is 0 Å². The number of aryl methyl sites for hydroxylation is 2. The number of rotatable bonds is 8. The molecule has 1 aromatic rings. The molecule has 1 atom stereocenters. The molecule has 1 aromatic heterocycles. The Kier molecular flexibility index (Phi) is 5.96. The summed E-state index contributed by atoms with van der Waals surface area (Å²) in [5, 5.41) is 17.3. The zero-order valence-electron chi connectivity index (χ0n) is 14.2. The number of carboxylic acid groups (broad SMARTS) is 1. The summed E-state index contributed by atoms with van der Waals surface area (Å²) in [6, 6.07) is 0.150. The van der Waals surface area contributed by atoms with Crippen molar-refractivity contribution >= 4 is 5.97 Å². The minimum atomic E-state index is -0.834. The molecule has 21 heavy (non-hydrogen) atoms. The van der Waals surface area contributed by atoms with E-state index in [4.69, 9.17) is 0 Å². The van der Waals surface area contributed by atoms with Gasteiger partial charge < -0.3 is 5.11 Å². The molecule has 0 aliphatic rings. The maximum absolute atomic E-state index is 11.7. The number of nitrogens with zero attached hydrogens (tertiary/aromatic N) is 2. The van der Waals surface area contributed by atoms with Gasteiger partial charge in [0.1, 0.15) is 5.54 Å². The first-order valence-corrected chi connectivity index (χ1v) is 7.75. The molecule has 0 bridgehead atoms. The van der Waals surface area contributed by atoms with Crippen LogP contribution in [0, 0.1) is 20.8 Å². The Morgan fingerprint density at radius 3 is 2.38 bits per heavy atom. The van der Waals surface area contributed by atoms with E-state index in [1.807, 2.05) is 32.4 Å². The number of nitrogens with one attached hydrogen (secondary N) is 1. The van der Waals surface area contributed by atoms with Crippen molar-refractivity contribution in [3.63, 3.8) is 0 Å². The molecule has 1 heterocycles. The molecule has 0 aromatic carbocycles. The Hall–Kier alpha value is -1.36. The maximum Gasteiger partial charge on any atom is 0.323 e. The van der Waals surface area contributed by atoms with E-state index < -0.39 is 11.5 Å². The number of carbonyl (C=O) groups is 1. The van der Waals surface area contributed by atoms with Gasteiger partial charge in [0.15, 0.2) is 0 Å². The molecule has 0 fully saturated rings. The summed E-state index contributed by atoms with van der Waals surface area (Å²) >= 11 is 0. The molecule has 5 nitrogen and oxygen atoms in total. The SMILES string of the molecule is CCC(CCCn1nc(C)c(C)c1C)(NC(C)C)C(=O)O. The van der Waals surface area contributed by atoms with E-state index in [2.05, 4.69) is 24.3 Å². The van der Waals surface area contributed by atoms with E-state index in [0.29, 0.717) is 12.8 Å². The Morgan fingerprint density at radius 2 is 2.00 bits per heavy atom. The van der Waals surface area contributed by atoms with Gasteiger partial charge in [0.2, 0.25) is 0 Å². The van der Waals surface area contributed by atoms with Gasteiger partial charge in [-0.2, -0.15) is 5.10 Å². The number of carboxylic acids is 1. The smallest absolute Gasteiger partial charge is 0.323 e. The fourth-order valence-corrected chi connectivity index (χ4v) is 2.76. The molecule has 0 aliphatic heterocycles. The van der Waals surface area contributed by atoms with Crippen molar-refractivity contribution in [1.29, 1.82) is 0 Å². The van der Waals surface area contributed by atoms with Crippen molar-refractivity contribution in [2.75, 3.05) is 0 Å². The highest BCUT2D eigenvalue weighted by molar-refractivity contribution is 5.78. The molecule has 1 unspecified atom stereocenters. The molecule has 0 saturated heterocycles. The molecule has 0 spiro atoms. The van der Waals surface area contributed by atoms with Crippen molar-refractivity contribution in [2.45, 2.75) is 78.9 Å². The normalized spacial score (nSPS) is 14.4. The lowest BCUT2D eigenvalue weighted by molar-refractivity contribution is -0.145. The summed E-state index contributed by atoms with van der Waals surface area (Å²) in [6.07, 6.45) is 1.98. The predicted molar refractivity (Wildman–Crippen MR) is 84.6 cm³/mol. The Bertz CT molecular complexity index is 494. The zero-order valence-corrected chi connectivity index (χ0v) is 14.2. The van der Waals surface area contributed by atoms with Crippen LogP contribution in [0.5, 0.6) is 0 Å². The van der Waals surface area contributed by atoms with Crippen molar-refractivity contribution in [2.24, 2.45) is 0 Å². The van der Waals surface area contributed by atoms with Gasteiger partial charge in [-0.25, -0.2) is 0 Å². The highest BCUT2D eigenvalue weighted by Gasteiger charge is 2.36. The van der Waals surface area contributed by atoms with E-state index in [1.165, 1.54) is 11.3 Å². The molecular formula is C16H29N3O2. The minimum Gasteiger partial charge on any atom is -0.480 e. The molecule has 5 heteroatoms. The molecular weight excluding hydrogens is 266 g/mol. The topological polar surface area (TPSA) is 67.2 Å². The van der Waals surface area contributed by atoms with Gasteiger partial charge in [-0.05, 0) is 59.4 Å². The van der Waals surface area contributed by atoms with Crippen molar-refractivity contribution in [3.8, 4) is 0 Å². The quantitative estimate of drug-likeness (QED) is 0.774. The van der Waals surface area contributed by atoms with E-state index in [9.17, 15) is 9.90 Å². The fraction of sp³-hybridized carbons (Fsp3) is 0.750. The van der Waals surface area contributed by atoms with Crippen LogP contribution in [-0.4, -0.2) is 32.4 Å². The molecule has 2 N–H and O–H groups in total. The van der Waals surface area contributed by atoms with Gasteiger partial charge in [-0.1, -0.05) is 6.92 Å². The number of aliphatic carboxylic acids is 1. The van der Waals surface area contributed by atoms with Crippen molar-refractivity contribution in [3.05, 3.63) is 17.0 Å². The summed E-state index contributed by atoms with van der Waals surface area (Å²) in [6.45, 7) is 12.8. The third kappa shape index (κ3) is 4.06. The fourth-order valence-electron chi connectivity index (χ4n) is 2.76. The van der Waals surface area contributed by atoms with E-state index in [1.54, 1.807) is 0 Å². The van der Waals surface area contributed by atoms with Crippen LogP contribution in [0.25, 0.3) is 0 Å². The number of aromatic nitrogens is 2. The predicted octanol–water partition coefficient (Wildman–Crippen LogP) is 2.82. The first-order valence-electron chi connectivity index (χ1n) is 7.75. The molecule has 0 aliphatic carbocycles. The zero-order chi connectivity index (χ0) is 16.2. The molecule has 0 saturated carbocycles. The first-order chi connectivity index (χ1) is 9.73. The second-order valence-electron chi connectivity index (χ2n) is 6.16. The molecule has 1 rings (SSSR count). The van der Waals surface area contributed by atoms with Crippen LogP contribution in [0.4, 0.5) is 0 Å². The van der Waals surface area contributed by atoms with Crippen LogP contribution < -0.4 is 5.32 Å². The molecule has 0 amide bonds. The lowest BCUT2D eigenvalue weighted by Gasteiger charge is -2.31. The number of hydrogen-bond donors (Lipinski definition) is 2. The van der Waals surface area contributed by atoms with Gasteiger partial charge in [0.25, 0.3) is 0 Å². The summed E-state index contributed by atoms with van der Waals surface area (Å²) in [5.74, 6) is -0.761. The summed E-state index contributed by atoms with van der Waals surface area (Å²) < 4.78 is 1.99. The lowest BCUT2D eigenvalue weighted by atomic mass is 9.89. The summed E-state index contributed by atoms with van der Waals surface area (Å²) in [5.41, 5.74) is 2.60. The summed E-state index contributed by atoms with van der Waals surface area (Å²) in [4.78, 5) is 11.7. The van der Waals surface area contributed by atoms with Crippen LogP contribution in [0.1, 0.15) is 57.0 Å². The minimum absolute atomic E-state index is 0.150. The van der Waals surface area contributed by atoms with Crippen LogP contribution in [0.3, 0.4) is 0 Å². The Morgan fingerprint density at radius 1 is 1.38 bits per heavy atom. The van der Waals surface area contributed by atoms with Gasteiger partial charge in [0, 0.05) is 18.3 Å². The highest BCUT2D eigenvalue weighted by Crippen LogP contribution is 2.20. The third-order valence-electron chi connectivity index (χ3n) is 4.29. The van der Waals surface area contributed by atoms with E-state index in [0.717, 1.165) is 18.7 Å². The molecule has 0 radical (unpaired) electrons. The molecule has 120 valence electrons. The van der Waals surface area contributed by atoms with Crippen LogP contribution in [0.2, 0.25) is 0 Å². The maximum atomic E-state index is 11.7. The highest BCUT2D eigenvalue weighted by atomic mass is 16.4. The largest absolute Gasteiger partial charge is 0.480 e. The Labute approximate surface area is 127 Å². The van der Waals surface area contributed by atoms with Crippen LogP contribution in [0.15, 0.2) is 0 Å².